The summed E-state index contributed by atoms with van der Waals surface area (Å²) in [6.07, 6.45) is 0.976. The molecule has 1 amide bonds. The van der Waals surface area contributed by atoms with E-state index in [1.165, 1.54) is 0 Å². The van der Waals surface area contributed by atoms with Crippen molar-refractivity contribution >= 4 is 28.8 Å². The number of hydrogen-bond donors (Lipinski definition) is 1. The molecule has 6 heteroatoms. The molecule has 116 valence electrons. The van der Waals surface area contributed by atoms with E-state index in [0.29, 0.717) is 6.54 Å². The van der Waals surface area contributed by atoms with Crippen molar-refractivity contribution in [1.82, 2.24) is 15.2 Å². The summed E-state index contributed by atoms with van der Waals surface area (Å²) in [5.74, 6) is 0.102. The van der Waals surface area contributed by atoms with Gasteiger partial charge in [-0.05, 0) is 25.5 Å². The molecule has 2 heterocycles. The van der Waals surface area contributed by atoms with Crippen molar-refractivity contribution < 1.29 is 4.79 Å². The van der Waals surface area contributed by atoms with Gasteiger partial charge in [0.1, 0.15) is 5.01 Å². The summed E-state index contributed by atoms with van der Waals surface area (Å²) in [6.45, 7) is 4.33. The molecule has 1 unspecified atom stereocenters. The van der Waals surface area contributed by atoms with Crippen LogP contribution >= 0.6 is 22.9 Å². The van der Waals surface area contributed by atoms with Crippen molar-refractivity contribution in [1.29, 1.82) is 0 Å². The normalized spacial score (nSPS) is 19.7. The zero-order chi connectivity index (χ0) is 15.5. The van der Waals surface area contributed by atoms with E-state index in [4.69, 9.17) is 16.6 Å². The molecule has 0 saturated carbocycles. The second kappa shape index (κ2) is 6.77. The third-order valence-corrected chi connectivity index (χ3v) is 5.05. The maximum atomic E-state index is 11.9. The first-order valence-electron chi connectivity index (χ1n) is 7.35. The van der Waals surface area contributed by atoms with Gasteiger partial charge >= 0.3 is 0 Å². The molecule has 1 aromatic heterocycles. The molecule has 1 aromatic carbocycles. The van der Waals surface area contributed by atoms with Crippen LogP contribution in [0.4, 0.5) is 0 Å². The number of thiazole rings is 1. The predicted octanol–water partition coefficient (Wildman–Crippen LogP) is 3.17. The summed E-state index contributed by atoms with van der Waals surface area (Å²) < 4.78 is 0. The van der Waals surface area contributed by atoms with Gasteiger partial charge in [-0.1, -0.05) is 23.7 Å². The van der Waals surface area contributed by atoms with Gasteiger partial charge in [0.15, 0.2) is 0 Å². The van der Waals surface area contributed by atoms with Crippen molar-refractivity contribution in [2.24, 2.45) is 0 Å². The quantitative estimate of drug-likeness (QED) is 0.937. The zero-order valence-corrected chi connectivity index (χ0v) is 14.0. The smallest absolute Gasteiger partial charge is 0.237 e. The predicted molar refractivity (Wildman–Crippen MR) is 90.1 cm³/mol. The fourth-order valence-electron chi connectivity index (χ4n) is 2.53. The number of halogens is 1. The van der Waals surface area contributed by atoms with Crippen molar-refractivity contribution in [2.75, 3.05) is 13.1 Å². The van der Waals surface area contributed by atoms with E-state index < -0.39 is 0 Å². The lowest BCUT2D eigenvalue weighted by Crippen LogP contribution is -2.41. The van der Waals surface area contributed by atoms with Crippen LogP contribution in [0.15, 0.2) is 29.6 Å². The summed E-state index contributed by atoms with van der Waals surface area (Å²) in [5, 5.41) is 6.72. The minimum Gasteiger partial charge on any atom is -0.355 e. The minimum absolute atomic E-state index is 0.102. The fourth-order valence-corrected chi connectivity index (χ4v) is 3.47. The van der Waals surface area contributed by atoms with Crippen LogP contribution in [0, 0.1) is 0 Å². The molecule has 1 fully saturated rings. The van der Waals surface area contributed by atoms with Gasteiger partial charge in [0.05, 0.1) is 11.7 Å². The van der Waals surface area contributed by atoms with Crippen LogP contribution in [0.1, 0.15) is 19.0 Å². The first-order valence-corrected chi connectivity index (χ1v) is 8.61. The Labute approximate surface area is 139 Å². The largest absolute Gasteiger partial charge is 0.355 e. The van der Waals surface area contributed by atoms with Crippen LogP contribution in [-0.4, -0.2) is 34.9 Å². The number of nitrogens with zero attached hydrogens (tertiary/aromatic N) is 2. The molecule has 2 aromatic rings. The monoisotopic (exact) mass is 335 g/mol. The van der Waals surface area contributed by atoms with Gasteiger partial charge in [0, 0.05) is 35.6 Å². The van der Waals surface area contributed by atoms with Gasteiger partial charge in [0.25, 0.3) is 0 Å². The molecule has 1 atom stereocenters. The van der Waals surface area contributed by atoms with Crippen LogP contribution in [0.2, 0.25) is 5.02 Å². The second-order valence-corrected chi connectivity index (χ2v) is 6.74. The first kappa shape index (κ1) is 15.5. The van der Waals surface area contributed by atoms with Crippen LogP contribution in [0.25, 0.3) is 10.6 Å². The number of carbonyl (C=O) groups is 1. The van der Waals surface area contributed by atoms with E-state index in [0.717, 1.165) is 40.8 Å². The molecule has 3 rings (SSSR count). The van der Waals surface area contributed by atoms with Crippen molar-refractivity contribution in [2.45, 2.75) is 25.9 Å². The fraction of sp³-hybridized carbons (Fsp3) is 0.375. The summed E-state index contributed by atoms with van der Waals surface area (Å²) >= 11 is 7.54. The molecule has 22 heavy (non-hydrogen) atoms. The number of carbonyl (C=O) groups excluding carboxylic acids is 1. The van der Waals surface area contributed by atoms with Gasteiger partial charge in [-0.2, -0.15) is 0 Å². The van der Waals surface area contributed by atoms with Gasteiger partial charge < -0.3 is 5.32 Å². The van der Waals surface area contributed by atoms with Crippen LogP contribution < -0.4 is 5.32 Å². The maximum absolute atomic E-state index is 11.9. The molecule has 0 aliphatic carbocycles. The molecular formula is C16H18ClN3OS. The number of benzene rings is 1. The Balaban J connectivity index is 1.73. The van der Waals surface area contributed by atoms with Crippen molar-refractivity contribution in [3.8, 4) is 10.6 Å². The van der Waals surface area contributed by atoms with Gasteiger partial charge in [0.2, 0.25) is 5.91 Å². The maximum Gasteiger partial charge on any atom is 0.237 e. The highest BCUT2D eigenvalue weighted by Crippen LogP contribution is 2.26. The number of hydrogen-bond acceptors (Lipinski definition) is 4. The average molecular weight is 336 g/mol. The summed E-state index contributed by atoms with van der Waals surface area (Å²) in [5.41, 5.74) is 2.08. The van der Waals surface area contributed by atoms with E-state index in [1.54, 1.807) is 11.3 Å². The number of nitrogens with one attached hydrogen (secondary N) is 1. The molecule has 1 aliphatic heterocycles. The molecule has 0 bridgehead atoms. The highest BCUT2D eigenvalue weighted by atomic mass is 35.5. The van der Waals surface area contributed by atoms with E-state index in [9.17, 15) is 4.79 Å². The van der Waals surface area contributed by atoms with E-state index in [-0.39, 0.29) is 11.9 Å². The van der Waals surface area contributed by atoms with Crippen LogP contribution in [0.5, 0.6) is 0 Å². The van der Waals surface area contributed by atoms with Gasteiger partial charge in [-0.25, -0.2) is 4.98 Å². The third-order valence-electron chi connectivity index (χ3n) is 3.86. The Morgan fingerprint density at radius 3 is 2.95 bits per heavy atom. The van der Waals surface area contributed by atoms with Crippen LogP contribution in [-0.2, 0) is 11.3 Å². The lowest BCUT2D eigenvalue weighted by atomic mass is 10.2. The summed E-state index contributed by atoms with van der Waals surface area (Å²) in [6, 6.07) is 7.60. The Kier molecular flexibility index (Phi) is 4.76. The average Bonchev–Trinajstić information content (AvgIpc) is 2.92. The Morgan fingerprint density at radius 1 is 1.41 bits per heavy atom. The lowest BCUT2D eigenvalue weighted by Gasteiger charge is -2.24. The van der Waals surface area contributed by atoms with Gasteiger partial charge in [-0.3, -0.25) is 9.69 Å². The highest BCUT2D eigenvalue weighted by molar-refractivity contribution is 7.13. The SMILES string of the molecule is CC1C(=O)NCCCN1Cc1csc(-c2ccc(Cl)cc2)n1. The first-order chi connectivity index (χ1) is 10.6. The molecule has 1 saturated heterocycles. The van der Waals surface area contributed by atoms with E-state index in [1.807, 2.05) is 31.2 Å². The van der Waals surface area contributed by atoms with E-state index in [2.05, 4.69) is 15.6 Å². The molecule has 0 spiro atoms. The molecular weight excluding hydrogens is 318 g/mol. The summed E-state index contributed by atoms with van der Waals surface area (Å²) in [4.78, 5) is 18.8. The zero-order valence-electron chi connectivity index (χ0n) is 12.4. The number of aromatic nitrogens is 1. The Morgan fingerprint density at radius 2 is 2.18 bits per heavy atom. The number of rotatable bonds is 3. The lowest BCUT2D eigenvalue weighted by molar-refractivity contribution is -0.125. The van der Waals surface area contributed by atoms with Crippen molar-refractivity contribution in [3.05, 3.63) is 40.4 Å². The topological polar surface area (TPSA) is 45.2 Å². The highest BCUT2D eigenvalue weighted by Gasteiger charge is 2.24. The molecule has 4 nitrogen and oxygen atoms in total. The second-order valence-electron chi connectivity index (χ2n) is 5.44. The Bertz CT molecular complexity index is 656. The van der Waals surface area contributed by atoms with Crippen LogP contribution in [0.3, 0.4) is 0 Å². The minimum atomic E-state index is -0.108. The Hall–Kier alpha value is -1.43. The standard InChI is InChI=1S/C16H18ClN3OS/c1-11-15(21)18-7-2-8-20(11)9-14-10-22-16(19-14)12-3-5-13(17)6-4-12/h3-6,10-11H,2,7-9H2,1H3,(H,18,21). The molecule has 1 aliphatic rings. The third kappa shape index (κ3) is 3.48. The molecule has 0 radical (unpaired) electrons. The van der Waals surface area contributed by atoms with E-state index >= 15 is 0 Å². The van der Waals surface area contributed by atoms with Gasteiger partial charge in [-0.15, -0.1) is 11.3 Å². The molecule has 1 N–H and O–H groups in total. The van der Waals surface area contributed by atoms with Crippen molar-refractivity contribution in [3.63, 3.8) is 0 Å². The number of amides is 1. The summed E-state index contributed by atoms with van der Waals surface area (Å²) in [7, 11) is 0.